The molecule has 14 heteroatoms. The Bertz CT molecular complexity index is 2100. The van der Waals surface area contributed by atoms with Gasteiger partial charge in [0.15, 0.2) is 0 Å². The number of aliphatic hydroxyl groups is 1. The number of β-amino-alcohol motifs (C(OH)–C–C–N with tert-alkyl or cyclic N) is 1. The first kappa shape index (κ1) is 37.6. The van der Waals surface area contributed by atoms with E-state index in [-0.39, 0.29) is 34.2 Å². The van der Waals surface area contributed by atoms with Crippen LogP contribution < -0.4 is 5.32 Å². The van der Waals surface area contributed by atoms with Crippen molar-refractivity contribution in [3.05, 3.63) is 111 Å². The lowest BCUT2D eigenvalue weighted by molar-refractivity contribution is -0.141. The maximum Gasteiger partial charge on any atom is 0.419 e. The number of amides is 1. The number of aliphatic carboxylic acids is 1. The monoisotopic (exact) mass is 744 g/mol. The van der Waals surface area contributed by atoms with Gasteiger partial charge in [-0.15, -0.1) is 0 Å². The number of likely N-dealkylation sites (tertiary alicyclic amines) is 2. The Morgan fingerprint density at radius 1 is 1.04 bits per heavy atom. The average molecular weight is 745 g/mol. The number of carbonyl (C=O) groups excluding carboxylic acids is 1. The topological polar surface area (TPSA) is 143 Å². The number of aryl methyl sites for hydroxylation is 1. The number of benzene rings is 2. The van der Waals surface area contributed by atoms with E-state index in [0.717, 1.165) is 29.3 Å². The van der Waals surface area contributed by atoms with E-state index in [2.05, 4.69) is 20.2 Å². The van der Waals surface area contributed by atoms with E-state index in [1.165, 1.54) is 42.7 Å². The SMILES string of the molecule is Cc1cc(/C=C/c2nccc(-c3cccc(NC(=O)c4ccc(CN5CC[C@@H](O)C5)cn4)c3C(F)(F)F)c2C#N)c(Cl)cc1CN1CC[C@@H](C(=O)O)C1. The third-order valence-electron chi connectivity index (χ3n) is 9.58. The Morgan fingerprint density at radius 3 is 2.47 bits per heavy atom. The molecule has 4 heterocycles. The number of nitrogens with one attached hydrogen (secondary N) is 1. The van der Waals surface area contributed by atoms with Gasteiger partial charge in [-0.25, -0.2) is 0 Å². The predicted octanol–water partition coefficient (Wildman–Crippen LogP) is 6.89. The van der Waals surface area contributed by atoms with Gasteiger partial charge in [-0.3, -0.25) is 29.4 Å². The standard InChI is InChI=1S/C39H36ClF3N6O4/c1-23-15-25(32(40)16-27(23)21-49-13-10-26(20-49)38(52)53)6-8-33-31(17-44)29(9-12-45-33)30-3-2-4-34(36(30)39(41,42)43)47-37(51)35-7-5-24(18-46-35)19-48-14-11-28(50)22-48/h2-9,12,15-16,18,26,28,50H,10-11,13-14,19-22H2,1H3,(H,47,51)(H,52,53)/b8-6+/t26-,28-/m1/s1. The minimum absolute atomic E-state index is 0.0250. The summed E-state index contributed by atoms with van der Waals surface area (Å²) >= 11 is 6.63. The molecule has 0 aliphatic carbocycles. The molecule has 6 rings (SSSR count). The van der Waals surface area contributed by atoms with Gasteiger partial charge in [0.2, 0.25) is 0 Å². The van der Waals surface area contributed by atoms with Crippen LogP contribution >= 0.6 is 11.6 Å². The number of aromatic nitrogens is 2. The number of nitriles is 1. The molecule has 2 saturated heterocycles. The van der Waals surface area contributed by atoms with E-state index in [9.17, 15) is 38.2 Å². The summed E-state index contributed by atoms with van der Waals surface area (Å²) in [5, 5.41) is 32.1. The van der Waals surface area contributed by atoms with E-state index in [4.69, 9.17) is 11.6 Å². The van der Waals surface area contributed by atoms with Crippen LogP contribution in [0.15, 0.2) is 60.9 Å². The molecule has 3 N–H and O–H groups in total. The fraction of sp³-hybridized carbons (Fsp3) is 0.308. The quantitative estimate of drug-likeness (QED) is 0.158. The molecule has 274 valence electrons. The van der Waals surface area contributed by atoms with E-state index >= 15 is 0 Å². The molecule has 0 saturated carbocycles. The number of carboxylic acid groups (broad SMARTS) is 1. The van der Waals surface area contributed by atoms with Crippen molar-refractivity contribution >= 4 is 41.3 Å². The first-order valence-electron chi connectivity index (χ1n) is 17.0. The minimum atomic E-state index is -4.92. The van der Waals surface area contributed by atoms with E-state index in [1.807, 2.05) is 24.0 Å². The number of alkyl halides is 3. The normalized spacial score (nSPS) is 18.1. The van der Waals surface area contributed by atoms with Crippen molar-refractivity contribution in [2.24, 2.45) is 5.92 Å². The number of aliphatic hydroxyl groups excluding tert-OH is 1. The van der Waals surface area contributed by atoms with Crippen LogP contribution in [0.2, 0.25) is 5.02 Å². The lowest BCUT2D eigenvalue weighted by atomic mass is 9.93. The number of rotatable bonds is 10. The van der Waals surface area contributed by atoms with Gasteiger partial charge in [-0.05, 0) is 84.5 Å². The number of nitrogens with zero attached hydrogens (tertiary/aromatic N) is 5. The number of carbonyl (C=O) groups is 2. The minimum Gasteiger partial charge on any atom is -0.481 e. The van der Waals surface area contributed by atoms with Gasteiger partial charge in [-0.1, -0.05) is 41.9 Å². The first-order valence-corrected chi connectivity index (χ1v) is 17.4. The van der Waals surface area contributed by atoms with Gasteiger partial charge in [-0.2, -0.15) is 18.4 Å². The van der Waals surface area contributed by atoms with Crippen molar-refractivity contribution in [2.45, 2.75) is 45.1 Å². The fourth-order valence-corrected chi connectivity index (χ4v) is 7.07. The Balaban J connectivity index is 1.24. The third kappa shape index (κ3) is 8.75. The molecule has 10 nitrogen and oxygen atoms in total. The smallest absolute Gasteiger partial charge is 0.419 e. The summed E-state index contributed by atoms with van der Waals surface area (Å²) in [7, 11) is 0. The van der Waals surface area contributed by atoms with Crippen molar-refractivity contribution in [2.75, 3.05) is 31.5 Å². The van der Waals surface area contributed by atoms with Crippen LogP contribution in [-0.2, 0) is 24.1 Å². The van der Waals surface area contributed by atoms with E-state index < -0.39 is 35.2 Å². The molecule has 4 aromatic rings. The summed E-state index contributed by atoms with van der Waals surface area (Å²) in [6.07, 6.45) is 1.90. The third-order valence-corrected chi connectivity index (χ3v) is 9.91. The van der Waals surface area contributed by atoms with Gasteiger partial charge in [0.05, 0.1) is 34.5 Å². The molecule has 2 aromatic carbocycles. The highest BCUT2D eigenvalue weighted by molar-refractivity contribution is 6.32. The van der Waals surface area contributed by atoms with Crippen LogP contribution in [0.3, 0.4) is 0 Å². The number of pyridine rings is 2. The fourth-order valence-electron chi connectivity index (χ4n) is 6.82. The second-order valence-corrected chi connectivity index (χ2v) is 13.7. The van der Waals surface area contributed by atoms with E-state index in [0.29, 0.717) is 56.2 Å². The van der Waals surface area contributed by atoms with Gasteiger partial charge in [0.1, 0.15) is 11.8 Å². The predicted molar refractivity (Wildman–Crippen MR) is 194 cm³/mol. The van der Waals surface area contributed by atoms with Gasteiger partial charge in [0.25, 0.3) is 5.91 Å². The molecule has 0 radical (unpaired) electrons. The molecule has 2 fully saturated rings. The maximum absolute atomic E-state index is 14.8. The average Bonchev–Trinajstić information content (AvgIpc) is 3.77. The Kier molecular flexibility index (Phi) is 11.3. The van der Waals surface area contributed by atoms with Crippen LogP contribution in [0, 0.1) is 24.2 Å². The molecule has 2 aliphatic heterocycles. The molecule has 1 amide bonds. The van der Waals surface area contributed by atoms with Crippen molar-refractivity contribution in [1.29, 1.82) is 5.26 Å². The van der Waals surface area contributed by atoms with Gasteiger partial charge >= 0.3 is 12.1 Å². The number of hydrogen-bond acceptors (Lipinski definition) is 8. The molecule has 0 bridgehead atoms. The van der Waals surface area contributed by atoms with Crippen LogP contribution in [0.5, 0.6) is 0 Å². The summed E-state index contributed by atoms with van der Waals surface area (Å²) in [5.41, 5.74) is 1.23. The first-order chi connectivity index (χ1) is 25.3. The zero-order valence-corrected chi connectivity index (χ0v) is 29.5. The number of carboxylic acids is 1. The van der Waals surface area contributed by atoms with Gasteiger partial charge < -0.3 is 15.5 Å². The Morgan fingerprint density at radius 2 is 1.81 bits per heavy atom. The van der Waals surface area contributed by atoms with Crippen LogP contribution in [-0.4, -0.2) is 74.1 Å². The highest BCUT2D eigenvalue weighted by atomic mass is 35.5. The second-order valence-electron chi connectivity index (χ2n) is 13.3. The molecule has 2 atom stereocenters. The molecule has 0 unspecified atom stereocenters. The van der Waals surface area contributed by atoms with E-state index in [1.54, 1.807) is 18.2 Å². The number of halogens is 4. The molecule has 2 aliphatic rings. The summed E-state index contributed by atoms with van der Waals surface area (Å²) in [5.74, 6) is -2.04. The van der Waals surface area contributed by atoms with Crippen molar-refractivity contribution < 1.29 is 33.0 Å². The van der Waals surface area contributed by atoms with Crippen molar-refractivity contribution in [3.63, 3.8) is 0 Å². The molecule has 53 heavy (non-hydrogen) atoms. The summed E-state index contributed by atoms with van der Waals surface area (Å²) in [4.78, 5) is 37.1. The van der Waals surface area contributed by atoms with Gasteiger partial charge in [0, 0.05) is 55.7 Å². The zero-order chi connectivity index (χ0) is 37.9. The number of anilines is 1. The zero-order valence-electron chi connectivity index (χ0n) is 28.7. The largest absolute Gasteiger partial charge is 0.481 e. The summed E-state index contributed by atoms with van der Waals surface area (Å²) in [6.45, 7) is 5.34. The highest BCUT2D eigenvalue weighted by Gasteiger charge is 2.38. The van der Waals surface area contributed by atoms with Crippen molar-refractivity contribution in [3.8, 4) is 17.2 Å². The lowest BCUT2D eigenvalue weighted by Crippen LogP contribution is -2.23. The summed E-state index contributed by atoms with van der Waals surface area (Å²) in [6, 6.07) is 13.9. The molecular weight excluding hydrogens is 709 g/mol. The molecule has 2 aromatic heterocycles. The highest BCUT2D eigenvalue weighted by Crippen LogP contribution is 2.43. The summed E-state index contributed by atoms with van der Waals surface area (Å²) < 4.78 is 44.3. The Labute approximate surface area is 309 Å². The van der Waals surface area contributed by atoms with Crippen molar-refractivity contribution in [1.82, 2.24) is 19.8 Å². The second kappa shape index (κ2) is 15.9. The van der Waals surface area contributed by atoms with Crippen LogP contribution in [0.1, 0.15) is 62.4 Å². The lowest BCUT2D eigenvalue weighted by Gasteiger charge is -2.19. The number of hydrogen-bond donors (Lipinski definition) is 3. The Hall–Kier alpha value is -5.13. The van der Waals surface area contributed by atoms with Crippen LogP contribution in [0.4, 0.5) is 18.9 Å². The maximum atomic E-state index is 14.8. The molecular formula is C39H36ClF3N6O4. The molecule has 0 spiro atoms. The van der Waals surface area contributed by atoms with Crippen LogP contribution in [0.25, 0.3) is 23.3 Å².